The van der Waals surface area contributed by atoms with E-state index in [4.69, 9.17) is 0 Å². The molecule has 0 saturated heterocycles. The number of fused-ring (bicyclic) bond motifs is 1. The molecular weight excluding hydrogens is 431 g/mol. The number of hydrogen-bond donors (Lipinski definition) is 2. The highest BCUT2D eigenvalue weighted by Crippen LogP contribution is 2.23. The van der Waals surface area contributed by atoms with E-state index in [0.29, 0.717) is 23.1 Å². The van der Waals surface area contributed by atoms with Crippen LogP contribution in [0, 0.1) is 17.5 Å². The molecule has 0 atom stereocenters. The minimum atomic E-state index is -1.08. The molecule has 0 unspecified atom stereocenters. The lowest BCUT2D eigenvalue weighted by atomic mass is 10.2. The first-order valence-corrected chi connectivity index (χ1v) is 9.92. The van der Waals surface area contributed by atoms with Crippen LogP contribution in [0.15, 0.2) is 47.8 Å². The van der Waals surface area contributed by atoms with Crippen LogP contribution in [-0.4, -0.2) is 33.0 Å². The summed E-state index contributed by atoms with van der Waals surface area (Å²) in [6, 6.07) is 8.75. The zero-order chi connectivity index (χ0) is 22.0. The second kappa shape index (κ2) is 8.56. The van der Waals surface area contributed by atoms with Gasteiger partial charge in [0.1, 0.15) is 17.5 Å². The lowest BCUT2D eigenvalue weighted by Crippen LogP contribution is -2.36. The van der Waals surface area contributed by atoms with Gasteiger partial charge in [0.15, 0.2) is 5.82 Å². The van der Waals surface area contributed by atoms with Gasteiger partial charge in [-0.05, 0) is 24.3 Å². The predicted octanol–water partition coefficient (Wildman–Crippen LogP) is 3.17. The van der Waals surface area contributed by atoms with E-state index in [1.807, 2.05) is 0 Å². The number of anilines is 1. The van der Waals surface area contributed by atoms with E-state index in [1.165, 1.54) is 17.4 Å². The molecule has 2 amide bonds. The highest BCUT2D eigenvalue weighted by Gasteiger charge is 2.17. The van der Waals surface area contributed by atoms with E-state index in [9.17, 15) is 22.8 Å². The molecule has 4 aromatic rings. The maximum atomic E-state index is 14.0. The van der Waals surface area contributed by atoms with Crippen molar-refractivity contribution < 1.29 is 22.8 Å². The average molecular weight is 445 g/mol. The molecule has 0 spiro atoms. The van der Waals surface area contributed by atoms with E-state index >= 15 is 0 Å². The number of thiazole rings is 1. The zero-order valence-electron chi connectivity index (χ0n) is 15.7. The third-order valence-corrected chi connectivity index (χ3v) is 5.18. The van der Waals surface area contributed by atoms with Crippen molar-refractivity contribution in [3.05, 3.63) is 71.0 Å². The van der Waals surface area contributed by atoms with Crippen LogP contribution in [0.4, 0.5) is 18.9 Å². The molecule has 7 nitrogen and oxygen atoms in total. The quantitative estimate of drug-likeness (QED) is 0.462. The molecule has 11 heteroatoms. The number of hydrogen-bond acceptors (Lipinski definition) is 5. The number of benzene rings is 2. The fourth-order valence-electron chi connectivity index (χ4n) is 2.81. The smallest absolute Gasteiger partial charge is 0.313 e. The van der Waals surface area contributed by atoms with E-state index in [-0.39, 0.29) is 23.6 Å². The van der Waals surface area contributed by atoms with Crippen molar-refractivity contribution in [3.8, 4) is 11.4 Å². The Balaban J connectivity index is 1.37. The summed E-state index contributed by atoms with van der Waals surface area (Å²) in [7, 11) is 0. The largest absolute Gasteiger partial charge is 0.347 e. The van der Waals surface area contributed by atoms with Crippen molar-refractivity contribution in [2.45, 2.75) is 6.42 Å². The number of halogens is 3. The minimum absolute atomic E-state index is 0.0961. The number of nitrogens with one attached hydrogen (secondary N) is 2. The van der Waals surface area contributed by atoms with Gasteiger partial charge in [0.2, 0.25) is 4.96 Å². The molecule has 0 aliphatic rings. The zero-order valence-corrected chi connectivity index (χ0v) is 16.5. The molecule has 4 rings (SSSR count). The van der Waals surface area contributed by atoms with Crippen LogP contribution in [0.3, 0.4) is 0 Å². The summed E-state index contributed by atoms with van der Waals surface area (Å²) in [4.78, 5) is 28.7. The summed E-state index contributed by atoms with van der Waals surface area (Å²) < 4.78 is 42.0. The van der Waals surface area contributed by atoms with Gasteiger partial charge >= 0.3 is 11.8 Å². The minimum Gasteiger partial charge on any atom is -0.347 e. The molecule has 158 valence electrons. The summed E-state index contributed by atoms with van der Waals surface area (Å²) in [5, 5.41) is 10.6. The van der Waals surface area contributed by atoms with Gasteiger partial charge in [-0.2, -0.15) is 4.98 Å². The van der Waals surface area contributed by atoms with Gasteiger partial charge in [0, 0.05) is 24.4 Å². The van der Waals surface area contributed by atoms with Crippen LogP contribution in [-0.2, 0) is 16.0 Å². The third-order valence-electron chi connectivity index (χ3n) is 4.32. The lowest BCUT2D eigenvalue weighted by molar-refractivity contribution is -0.136. The lowest BCUT2D eigenvalue weighted by Gasteiger charge is -2.07. The molecule has 0 fully saturated rings. The molecule has 0 aliphatic carbocycles. The van der Waals surface area contributed by atoms with Gasteiger partial charge in [0.25, 0.3) is 0 Å². The van der Waals surface area contributed by atoms with Gasteiger partial charge < -0.3 is 10.6 Å². The normalized spacial score (nSPS) is 10.9. The molecule has 31 heavy (non-hydrogen) atoms. The maximum absolute atomic E-state index is 14.0. The van der Waals surface area contributed by atoms with E-state index in [1.54, 1.807) is 28.1 Å². The van der Waals surface area contributed by atoms with E-state index in [0.717, 1.165) is 12.1 Å². The van der Waals surface area contributed by atoms with Crippen LogP contribution < -0.4 is 10.6 Å². The Labute approximate surface area is 177 Å². The van der Waals surface area contributed by atoms with Crippen molar-refractivity contribution in [2.24, 2.45) is 0 Å². The molecule has 0 saturated carbocycles. The summed E-state index contributed by atoms with van der Waals surface area (Å²) in [6.45, 7) is 0.0961. The Morgan fingerprint density at radius 2 is 1.84 bits per heavy atom. The van der Waals surface area contributed by atoms with Crippen molar-refractivity contribution in [1.29, 1.82) is 0 Å². The Kier molecular flexibility index (Phi) is 5.67. The highest BCUT2D eigenvalue weighted by atomic mass is 32.1. The molecule has 2 heterocycles. The third kappa shape index (κ3) is 4.40. The first-order chi connectivity index (χ1) is 14.9. The van der Waals surface area contributed by atoms with E-state index < -0.39 is 29.3 Å². The Morgan fingerprint density at radius 1 is 1.03 bits per heavy atom. The van der Waals surface area contributed by atoms with Gasteiger partial charge in [-0.1, -0.05) is 12.1 Å². The molecule has 2 aromatic heterocycles. The van der Waals surface area contributed by atoms with Crippen LogP contribution in [0.1, 0.15) is 5.69 Å². The second-order valence-electron chi connectivity index (χ2n) is 6.42. The Hall–Kier alpha value is -3.73. The monoisotopic (exact) mass is 445 g/mol. The molecule has 2 aromatic carbocycles. The van der Waals surface area contributed by atoms with Crippen LogP contribution >= 0.6 is 11.3 Å². The summed E-state index contributed by atoms with van der Waals surface area (Å²) in [5.74, 6) is -4.02. The maximum Gasteiger partial charge on any atom is 0.313 e. The fourth-order valence-corrected chi connectivity index (χ4v) is 3.66. The van der Waals surface area contributed by atoms with Crippen molar-refractivity contribution in [3.63, 3.8) is 0 Å². The highest BCUT2D eigenvalue weighted by molar-refractivity contribution is 7.15. The van der Waals surface area contributed by atoms with Crippen molar-refractivity contribution >= 4 is 33.8 Å². The average Bonchev–Trinajstić information content (AvgIpc) is 3.32. The Bertz CT molecular complexity index is 1290. The number of carbonyl (C=O) groups excluding carboxylic acids is 2. The molecule has 0 aliphatic heterocycles. The number of aromatic nitrogens is 3. The van der Waals surface area contributed by atoms with Crippen molar-refractivity contribution in [1.82, 2.24) is 19.9 Å². The summed E-state index contributed by atoms with van der Waals surface area (Å²) in [5.41, 5.74) is 0.687. The molecule has 2 N–H and O–H groups in total. The number of nitrogens with zero attached hydrogens (tertiary/aromatic N) is 3. The van der Waals surface area contributed by atoms with Crippen LogP contribution in [0.5, 0.6) is 0 Å². The standard InChI is InChI=1S/C20H14F3N5O2S/c21-11-5-6-16(15(23)9-11)25-19(30)18(29)24-8-7-12-10-31-20-26-17(27-28(12)20)13-3-1-2-4-14(13)22/h1-6,9-10H,7-8H2,(H,24,29)(H,25,30). The predicted molar refractivity (Wildman–Crippen MR) is 108 cm³/mol. The first kappa shape index (κ1) is 20.5. The van der Waals surface area contributed by atoms with Gasteiger partial charge in [-0.25, -0.2) is 17.7 Å². The number of rotatable bonds is 5. The fraction of sp³-hybridized carbons (Fsp3) is 0.100. The summed E-state index contributed by atoms with van der Waals surface area (Å²) in [6.07, 6.45) is 0.323. The molecule has 0 bridgehead atoms. The van der Waals surface area contributed by atoms with Crippen molar-refractivity contribution in [2.75, 3.05) is 11.9 Å². The Morgan fingerprint density at radius 3 is 2.61 bits per heavy atom. The van der Waals surface area contributed by atoms with Crippen LogP contribution in [0.25, 0.3) is 16.3 Å². The van der Waals surface area contributed by atoms with E-state index in [2.05, 4.69) is 20.7 Å². The SMILES string of the molecule is O=C(NCCc1csc2nc(-c3ccccc3F)nn12)C(=O)Nc1ccc(F)cc1F. The second-order valence-corrected chi connectivity index (χ2v) is 7.26. The molecular formula is C20H14F3N5O2S. The van der Waals surface area contributed by atoms with Crippen LogP contribution in [0.2, 0.25) is 0 Å². The summed E-state index contributed by atoms with van der Waals surface area (Å²) >= 11 is 1.31. The number of carbonyl (C=O) groups is 2. The molecule has 0 radical (unpaired) electrons. The van der Waals surface area contributed by atoms with Gasteiger partial charge in [-0.15, -0.1) is 16.4 Å². The van der Waals surface area contributed by atoms with Gasteiger partial charge in [-0.3, -0.25) is 9.59 Å². The number of amides is 2. The van der Waals surface area contributed by atoms with Gasteiger partial charge in [0.05, 0.1) is 16.9 Å². The topological polar surface area (TPSA) is 88.4 Å². The first-order valence-electron chi connectivity index (χ1n) is 9.04.